The molecule has 0 amide bonds. The predicted octanol–water partition coefficient (Wildman–Crippen LogP) is 0.924. The Morgan fingerprint density at radius 2 is 1.78 bits per heavy atom. The first kappa shape index (κ1) is 15.3. The Balaban J connectivity index is 2.73. The van der Waals surface area contributed by atoms with E-state index in [-0.39, 0.29) is 5.76 Å². The van der Waals surface area contributed by atoms with Gasteiger partial charge in [0.25, 0.3) is 0 Å². The molecule has 0 aromatic carbocycles. The lowest BCUT2D eigenvalue weighted by Gasteiger charge is -2.18. The average Bonchev–Trinajstić information content (AvgIpc) is 2.65. The Morgan fingerprint density at radius 3 is 2.17 bits per heavy atom. The molecule has 0 fully saturated rings. The number of hydrogen-bond acceptors (Lipinski definition) is 4. The number of rotatable bonds is 6. The molecule has 0 radical (unpaired) electrons. The van der Waals surface area contributed by atoms with Gasteiger partial charge in [-0.2, -0.15) is 0 Å². The molecule has 0 bridgehead atoms. The summed E-state index contributed by atoms with van der Waals surface area (Å²) < 4.78 is 26.7. The summed E-state index contributed by atoms with van der Waals surface area (Å²) in [5.41, 5.74) is 0. The molecule has 0 aliphatic rings. The summed E-state index contributed by atoms with van der Waals surface area (Å²) in [4.78, 5) is 46.8. The monoisotopic (exact) mass is 298 g/mol. The van der Waals surface area contributed by atoms with Crippen LogP contribution in [0.1, 0.15) is 23.4 Å². The number of Topliss-reactive ketones (excluding diaryl/α,β-unsaturated/α-hetero) is 1. The summed E-state index contributed by atoms with van der Waals surface area (Å²) in [6.45, 7) is 0. The lowest BCUT2D eigenvalue weighted by Crippen LogP contribution is -2.11. The second-order valence-electron chi connectivity index (χ2n) is 3.60. The molecule has 0 saturated heterocycles. The highest BCUT2D eigenvalue weighted by Gasteiger charge is 2.43. The van der Waals surface area contributed by atoms with Crippen molar-refractivity contribution in [2.24, 2.45) is 0 Å². The highest BCUT2D eigenvalue weighted by atomic mass is 31.2. The third-order valence-corrected chi connectivity index (χ3v) is 6.08. The summed E-state index contributed by atoms with van der Waals surface area (Å²) >= 11 is 0. The van der Waals surface area contributed by atoms with E-state index >= 15 is 0 Å². The van der Waals surface area contributed by atoms with Gasteiger partial charge in [0.05, 0.1) is 6.26 Å². The summed E-state index contributed by atoms with van der Waals surface area (Å²) in [6.07, 6.45) is 0.208. The Hall–Kier alpha value is -0.750. The number of carbonyl (C=O) groups is 1. The van der Waals surface area contributed by atoms with Crippen LogP contribution in [0.2, 0.25) is 0 Å². The molecular formula is C8H12O8P2. The van der Waals surface area contributed by atoms with Crippen molar-refractivity contribution in [3.63, 3.8) is 0 Å². The Bertz CT molecular complexity index is 473. The summed E-state index contributed by atoms with van der Waals surface area (Å²) in [5.74, 6) is -0.600. The van der Waals surface area contributed by atoms with Gasteiger partial charge in [-0.3, -0.25) is 13.9 Å². The Kier molecular flexibility index (Phi) is 4.66. The van der Waals surface area contributed by atoms with E-state index < -0.39 is 39.2 Å². The molecule has 1 rings (SSSR count). The summed E-state index contributed by atoms with van der Waals surface area (Å²) in [5, 5.41) is -2.16. The molecule has 0 saturated carbocycles. The van der Waals surface area contributed by atoms with E-state index in [1.807, 2.05) is 0 Å². The minimum atomic E-state index is -4.98. The van der Waals surface area contributed by atoms with Gasteiger partial charge in [0, 0.05) is 6.42 Å². The first-order valence-corrected chi connectivity index (χ1v) is 8.16. The van der Waals surface area contributed by atoms with E-state index in [1.165, 1.54) is 18.4 Å². The van der Waals surface area contributed by atoms with E-state index in [1.54, 1.807) is 0 Å². The van der Waals surface area contributed by atoms with E-state index in [4.69, 9.17) is 24.0 Å². The van der Waals surface area contributed by atoms with E-state index in [2.05, 4.69) is 0 Å². The number of ketones is 1. The summed E-state index contributed by atoms with van der Waals surface area (Å²) in [6, 6.07) is 2.81. The van der Waals surface area contributed by atoms with Crippen LogP contribution in [0.25, 0.3) is 0 Å². The highest BCUT2D eigenvalue weighted by Crippen LogP contribution is 2.61. The van der Waals surface area contributed by atoms with Crippen LogP contribution in [0.15, 0.2) is 22.8 Å². The van der Waals surface area contributed by atoms with Crippen LogP contribution < -0.4 is 0 Å². The molecule has 10 heteroatoms. The molecule has 18 heavy (non-hydrogen) atoms. The van der Waals surface area contributed by atoms with Gasteiger partial charge < -0.3 is 24.0 Å². The van der Waals surface area contributed by atoms with Gasteiger partial charge in [-0.15, -0.1) is 0 Å². The second-order valence-corrected chi connectivity index (χ2v) is 7.61. The Morgan fingerprint density at radius 1 is 1.22 bits per heavy atom. The third-order valence-electron chi connectivity index (χ3n) is 2.20. The lowest BCUT2D eigenvalue weighted by atomic mass is 10.2. The molecule has 8 nitrogen and oxygen atoms in total. The van der Waals surface area contributed by atoms with Crippen LogP contribution in [-0.2, 0) is 9.13 Å². The van der Waals surface area contributed by atoms with E-state index in [0.29, 0.717) is 0 Å². The molecule has 4 N–H and O–H groups in total. The zero-order chi connectivity index (χ0) is 14.0. The summed E-state index contributed by atoms with van der Waals surface area (Å²) in [7, 11) is -9.95. The highest BCUT2D eigenvalue weighted by molar-refractivity contribution is 7.70. The number of carbonyl (C=O) groups excluding carboxylic acids is 1. The molecule has 102 valence electrons. The van der Waals surface area contributed by atoms with Crippen molar-refractivity contribution in [3.8, 4) is 0 Å². The lowest BCUT2D eigenvalue weighted by molar-refractivity contribution is 0.0954. The van der Waals surface area contributed by atoms with E-state index in [0.717, 1.165) is 0 Å². The molecule has 0 aliphatic carbocycles. The first-order chi connectivity index (χ1) is 8.12. The minimum Gasteiger partial charge on any atom is -0.461 e. The van der Waals surface area contributed by atoms with Crippen molar-refractivity contribution in [2.75, 3.05) is 0 Å². The van der Waals surface area contributed by atoms with Gasteiger partial charge in [0.15, 0.2) is 16.9 Å². The smallest absolute Gasteiger partial charge is 0.340 e. The molecular weight excluding hydrogens is 286 g/mol. The molecule has 0 unspecified atom stereocenters. The van der Waals surface area contributed by atoms with Gasteiger partial charge in [-0.05, 0) is 18.6 Å². The molecule has 0 atom stereocenters. The standard InChI is InChI=1S/C8H12O8P2/c9-6(7-2-1-5-16-7)3-4-8(17(10,11)12)18(13,14)15/h1-2,5,8H,3-4H2,(H2,10,11,12)(H2,13,14,15). The maximum Gasteiger partial charge on any atom is 0.340 e. The maximum atomic E-state index is 11.5. The largest absolute Gasteiger partial charge is 0.461 e. The zero-order valence-corrected chi connectivity index (χ0v) is 10.8. The third kappa shape index (κ3) is 4.17. The van der Waals surface area contributed by atoms with Gasteiger partial charge in [0.1, 0.15) is 0 Å². The van der Waals surface area contributed by atoms with Gasteiger partial charge in [-0.1, -0.05) is 0 Å². The fourth-order valence-corrected chi connectivity index (χ4v) is 3.85. The normalized spacial score (nSPS) is 12.9. The number of furan rings is 1. The molecule has 1 heterocycles. The second kappa shape index (κ2) is 5.48. The maximum absolute atomic E-state index is 11.5. The Labute approximate surface area is 102 Å². The molecule has 1 aromatic rings. The number of hydrogen-bond donors (Lipinski definition) is 4. The predicted molar refractivity (Wildman–Crippen MR) is 60.1 cm³/mol. The van der Waals surface area contributed by atoms with Crippen molar-refractivity contribution >= 4 is 21.0 Å². The zero-order valence-electron chi connectivity index (χ0n) is 9.04. The van der Waals surface area contributed by atoms with Crippen molar-refractivity contribution < 1.29 is 37.9 Å². The van der Waals surface area contributed by atoms with Crippen molar-refractivity contribution in [1.82, 2.24) is 0 Å². The van der Waals surface area contributed by atoms with Crippen LogP contribution in [0.4, 0.5) is 0 Å². The SMILES string of the molecule is O=C(CCC(P(=O)(O)O)P(=O)(O)O)c1ccco1. The topological polar surface area (TPSA) is 145 Å². The van der Waals surface area contributed by atoms with Crippen LogP contribution in [0.5, 0.6) is 0 Å². The van der Waals surface area contributed by atoms with Crippen LogP contribution in [0, 0.1) is 0 Å². The van der Waals surface area contributed by atoms with Crippen molar-refractivity contribution in [2.45, 2.75) is 18.2 Å². The van der Waals surface area contributed by atoms with Crippen molar-refractivity contribution in [1.29, 1.82) is 0 Å². The van der Waals surface area contributed by atoms with Crippen LogP contribution >= 0.6 is 15.2 Å². The average molecular weight is 298 g/mol. The fourth-order valence-electron chi connectivity index (χ4n) is 1.35. The van der Waals surface area contributed by atoms with Crippen molar-refractivity contribution in [3.05, 3.63) is 24.2 Å². The van der Waals surface area contributed by atoms with Gasteiger partial charge in [0.2, 0.25) is 0 Å². The van der Waals surface area contributed by atoms with Gasteiger partial charge >= 0.3 is 15.2 Å². The fraction of sp³-hybridized carbons (Fsp3) is 0.375. The van der Waals surface area contributed by atoms with E-state index in [9.17, 15) is 13.9 Å². The molecule has 0 aliphatic heterocycles. The molecule has 0 spiro atoms. The molecule has 1 aromatic heterocycles. The first-order valence-electron chi connectivity index (χ1n) is 4.79. The van der Waals surface area contributed by atoms with Crippen LogP contribution in [0.3, 0.4) is 0 Å². The minimum absolute atomic E-state index is 0.0230. The van der Waals surface area contributed by atoms with Gasteiger partial charge in [-0.25, -0.2) is 0 Å². The van der Waals surface area contributed by atoms with Crippen LogP contribution in [-0.4, -0.2) is 30.8 Å². The quantitative estimate of drug-likeness (QED) is 0.448.